The molecule has 0 saturated heterocycles. The van der Waals surface area contributed by atoms with Crippen LogP contribution in [0.1, 0.15) is 13.8 Å². The first-order chi connectivity index (χ1) is 9.08. The zero-order valence-electron chi connectivity index (χ0n) is 11.8. The molecule has 0 aromatic carbocycles. The van der Waals surface area contributed by atoms with E-state index in [-0.39, 0.29) is 0 Å². The van der Waals surface area contributed by atoms with Crippen molar-refractivity contribution in [2.75, 3.05) is 0 Å². The van der Waals surface area contributed by atoms with Crippen molar-refractivity contribution in [3.05, 3.63) is 38.0 Å². The number of carboxylic acids is 3. The molecule has 114 valence electrons. The zero-order chi connectivity index (χ0) is 17.1. The molecule has 0 atom stereocenters. The van der Waals surface area contributed by atoms with E-state index in [1.807, 2.05) is 0 Å². The van der Waals surface area contributed by atoms with Gasteiger partial charge in [-0.1, -0.05) is 19.7 Å². The molecule has 0 aliphatic rings. The Morgan fingerprint density at radius 2 is 1.00 bits per heavy atom. The van der Waals surface area contributed by atoms with Crippen LogP contribution in [0.4, 0.5) is 0 Å². The van der Waals surface area contributed by atoms with Gasteiger partial charge in [0, 0.05) is 18.2 Å². The fourth-order valence-electron chi connectivity index (χ4n) is 0. The van der Waals surface area contributed by atoms with Crippen molar-refractivity contribution in [1.29, 1.82) is 0 Å². The van der Waals surface area contributed by atoms with E-state index in [4.69, 9.17) is 15.3 Å². The van der Waals surface area contributed by atoms with E-state index < -0.39 is 17.9 Å². The summed E-state index contributed by atoms with van der Waals surface area (Å²) in [7, 11) is 0. The normalized spacial score (nSPS) is 7.20. The molecule has 3 N–H and O–H groups in total. The molecular weight excluding hydrogens is 371 g/mol. The number of carbonyl (C=O) groups is 3. The van der Waals surface area contributed by atoms with Gasteiger partial charge in [0.25, 0.3) is 0 Å². The predicted molar refractivity (Wildman–Crippen MR) is 80.3 cm³/mol. The van der Waals surface area contributed by atoms with Gasteiger partial charge >= 0.3 is 64.6 Å². The van der Waals surface area contributed by atoms with Crippen molar-refractivity contribution in [2.24, 2.45) is 5.92 Å². The van der Waals surface area contributed by atoms with E-state index >= 15 is 0 Å². The molecule has 0 rings (SSSR count). The number of aliphatic carboxylic acids is 3. The first-order valence-electron chi connectivity index (χ1n) is 5.35. The average Bonchev–Trinajstić information content (AvgIpc) is 2.40. The van der Waals surface area contributed by atoms with Crippen molar-refractivity contribution in [2.45, 2.75) is 18.3 Å². The summed E-state index contributed by atoms with van der Waals surface area (Å²) < 4.78 is 1.44. The van der Waals surface area contributed by atoms with Gasteiger partial charge in [-0.25, -0.2) is 14.4 Å². The fourth-order valence-corrected chi connectivity index (χ4v) is 0. The Kier molecular flexibility index (Phi) is 30.4. The second kappa shape index (κ2) is 22.6. The SMILES string of the molecule is C=CC(=O)O.C=CC(=O)O.C=CC(=O)O.CC(C)[CH2][SnH]. The molecule has 2 radical (unpaired) electrons. The molecule has 7 heteroatoms. The fraction of sp³-hybridized carbons (Fsp3) is 0.308. The molecule has 0 aromatic heterocycles. The first kappa shape index (κ1) is 26.9. The summed E-state index contributed by atoms with van der Waals surface area (Å²) in [5.74, 6) is -2.00. The first-order valence-corrected chi connectivity index (χ1v) is 7.68. The molecule has 0 heterocycles. The Bertz CT molecular complexity index is 267. The summed E-state index contributed by atoms with van der Waals surface area (Å²) in [6.07, 6.45) is 2.50. The monoisotopic (exact) mass is 394 g/mol. The molecule has 0 saturated carbocycles. The van der Waals surface area contributed by atoms with Gasteiger partial charge in [-0.05, 0) is 0 Å². The van der Waals surface area contributed by atoms with Gasteiger partial charge in [-0.3, -0.25) is 0 Å². The average molecular weight is 393 g/mol. The van der Waals surface area contributed by atoms with Crippen LogP contribution in [0.15, 0.2) is 38.0 Å². The Morgan fingerprint density at radius 1 is 0.900 bits per heavy atom. The minimum absolute atomic E-state index is 0.833. The number of hydrogen-bond acceptors (Lipinski definition) is 3. The summed E-state index contributed by atoms with van der Waals surface area (Å²) in [4.78, 5) is 27.8. The quantitative estimate of drug-likeness (QED) is 0.496. The topological polar surface area (TPSA) is 112 Å². The van der Waals surface area contributed by atoms with Crippen LogP contribution in [0.2, 0.25) is 4.44 Å². The van der Waals surface area contributed by atoms with Crippen molar-refractivity contribution in [3.63, 3.8) is 0 Å². The van der Waals surface area contributed by atoms with E-state index in [0.29, 0.717) is 0 Å². The van der Waals surface area contributed by atoms with Gasteiger partial charge < -0.3 is 15.3 Å². The number of carboxylic acid groups (broad SMARTS) is 3. The zero-order valence-corrected chi connectivity index (χ0v) is 15.1. The van der Waals surface area contributed by atoms with Crippen LogP contribution in [0.3, 0.4) is 0 Å². The number of hydrogen-bond donors (Lipinski definition) is 3. The second-order valence-corrected chi connectivity index (χ2v) is 4.60. The van der Waals surface area contributed by atoms with Crippen LogP contribution in [-0.4, -0.2) is 55.8 Å². The van der Waals surface area contributed by atoms with E-state index in [9.17, 15) is 14.4 Å². The summed E-state index contributed by atoms with van der Waals surface area (Å²) >= 11 is 1.43. The Balaban J connectivity index is -0.0000000853. The summed E-state index contributed by atoms with van der Waals surface area (Å²) in [5, 5.41) is 22.8. The van der Waals surface area contributed by atoms with Crippen LogP contribution in [-0.2, 0) is 14.4 Å². The van der Waals surface area contributed by atoms with Gasteiger partial charge in [0.15, 0.2) is 0 Å². The van der Waals surface area contributed by atoms with Crippen molar-refractivity contribution in [1.82, 2.24) is 0 Å². The van der Waals surface area contributed by atoms with Gasteiger partial charge in [0.05, 0.1) is 0 Å². The van der Waals surface area contributed by atoms with E-state index in [1.165, 1.54) is 27.0 Å². The summed E-state index contributed by atoms with van der Waals surface area (Å²) in [6.45, 7) is 13.4. The van der Waals surface area contributed by atoms with Crippen LogP contribution < -0.4 is 0 Å². The van der Waals surface area contributed by atoms with E-state index in [0.717, 1.165) is 24.1 Å². The van der Waals surface area contributed by atoms with Gasteiger partial charge in [-0.2, -0.15) is 0 Å². The Morgan fingerprint density at radius 3 is 1.00 bits per heavy atom. The van der Waals surface area contributed by atoms with Crippen LogP contribution in [0, 0.1) is 5.92 Å². The Hall–Kier alpha value is -1.57. The second-order valence-electron chi connectivity index (χ2n) is 3.26. The Labute approximate surface area is 132 Å². The van der Waals surface area contributed by atoms with Crippen molar-refractivity contribution >= 4 is 40.4 Å². The summed E-state index contributed by atoms with van der Waals surface area (Å²) in [6, 6.07) is 0. The van der Waals surface area contributed by atoms with E-state index in [1.54, 1.807) is 0 Å². The van der Waals surface area contributed by atoms with Crippen LogP contribution in [0.25, 0.3) is 0 Å². The third-order valence-corrected chi connectivity index (χ3v) is 3.69. The predicted octanol–water partition coefficient (Wildman–Crippen LogP) is 1.73. The van der Waals surface area contributed by atoms with Crippen molar-refractivity contribution in [3.8, 4) is 0 Å². The molecule has 0 amide bonds. The third-order valence-electron chi connectivity index (χ3n) is 0.995. The molecule has 0 aromatic rings. The molecule has 0 fully saturated rings. The molecule has 0 aliphatic heterocycles. The molecular formula is C13H22O6Sn. The maximum atomic E-state index is 9.25. The standard InChI is InChI=1S/C4H9.3C3H4O2.Sn.H/c1-4(2)3;3*1-2-3(4)5;;/h4H,1H2,2-3H3;3*2H,1H2,(H,4,5);;. The summed E-state index contributed by atoms with van der Waals surface area (Å²) in [5.41, 5.74) is 0. The van der Waals surface area contributed by atoms with Crippen molar-refractivity contribution < 1.29 is 29.7 Å². The van der Waals surface area contributed by atoms with E-state index in [2.05, 4.69) is 33.6 Å². The molecule has 0 spiro atoms. The molecule has 0 unspecified atom stereocenters. The minimum atomic E-state index is -0.981. The van der Waals surface area contributed by atoms with Crippen LogP contribution >= 0.6 is 0 Å². The maximum absolute atomic E-state index is 9.25. The van der Waals surface area contributed by atoms with Gasteiger partial charge in [0.1, 0.15) is 0 Å². The van der Waals surface area contributed by atoms with Crippen LogP contribution in [0.5, 0.6) is 0 Å². The molecule has 6 nitrogen and oxygen atoms in total. The van der Waals surface area contributed by atoms with Gasteiger partial charge in [0.2, 0.25) is 0 Å². The number of rotatable bonds is 4. The molecule has 0 bridgehead atoms. The molecule has 20 heavy (non-hydrogen) atoms. The van der Waals surface area contributed by atoms with Gasteiger partial charge in [-0.15, -0.1) is 0 Å². The molecule has 0 aliphatic carbocycles. The third kappa shape index (κ3) is 94.6.